The Balaban J connectivity index is 1.71. The number of hydrogen-bond acceptors (Lipinski definition) is 4. The fourth-order valence-corrected chi connectivity index (χ4v) is 3.79. The number of aryl methyl sites for hydroxylation is 3. The summed E-state index contributed by atoms with van der Waals surface area (Å²) in [5.74, 6) is 1.10. The van der Waals surface area contributed by atoms with Crippen LogP contribution < -0.4 is 5.32 Å². The van der Waals surface area contributed by atoms with E-state index < -0.39 is 5.54 Å². The van der Waals surface area contributed by atoms with Crippen molar-refractivity contribution in [2.24, 2.45) is 5.92 Å². The van der Waals surface area contributed by atoms with E-state index >= 15 is 0 Å². The summed E-state index contributed by atoms with van der Waals surface area (Å²) in [6.45, 7) is 8.72. The normalized spacial score (nSPS) is 18.1. The van der Waals surface area contributed by atoms with Crippen LogP contribution in [0.3, 0.4) is 0 Å². The van der Waals surface area contributed by atoms with Gasteiger partial charge in [-0.2, -0.15) is 0 Å². The number of carbonyl (C=O) groups excluding carboxylic acids is 1. The van der Waals surface area contributed by atoms with Crippen molar-refractivity contribution in [1.29, 1.82) is 0 Å². The molecule has 3 heterocycles. The first-order valence-corrected chi connectivity index (χ1v) is 8.50. The Morgan fingerprint density at radius 2 is 2.23 bits per heavy atom. The first kappa shape index (κ1) is 15.2. The van der Waals surface area contributed by atoms with Gasteiger partial charge in [0.2, 0.25) is 5.91 Å². The predicted molar refractivity (Wildman–Crippen MR) is 86.8 cm³/mol. The topological polar surface area (TPSA) is 59.8 Å². The van der Waals surface area contributed by atoms with Crippen LogP contribution in [0, 0.1) is 19.8 Å². The number of imidazole rings is 1. The molecule has 1 aliphatic heterocycles. The Labute approximate surface area is 134 Å². The Hall–Kier alpha value is -1.69. The Morgan fingerprint density at radius 1 is 1.45 bits per heavy atom. The minimum absolute atomic E-state index is 0.000680. The molecule has 0 bridgehead atoms. The number of aromatic nitrogens is 3. The lowest BCUT2D eigenvalue weighted by Crippen LogP contribution is -2.45. The number of fused-ring (bicyclic) bond motifs is 1. The molecule has 1 N–H and O–H groups in total. The molecule has 0 saturated heterocycles. The lowest BCUT2D eigenvalue weighted by molar-refractivity contribution is -0.127. The molecule has 1 atom stereocenters. The van der Waals surface area contributed by atoms with Crippen molar-refractivity contribution in [2.75, 3.05) is 0 Å². The second-order valence-corrected chi connectivity index (χ2v) is 7.41. The zero-order chi connectivity index (χ0) is 15.9. The molecular formula is C16H22N4OS. The van der Waals surface area contributed by atoms with Gasteiger partial charge in [0.05, 0.1) is 11.5 Å². The van der Waals surface area contributed by atoms with E-state index in [1.807, 2.05) is 39.3 Å². The molecule has 3 rings (SSSR count). The van der Waals surface area contributed by atoms with Crippen molar-refractivity contribution < 1.29 is 4.79 Å². The molecule has 1 unspecified atom stereocenters. The largest absolute Gasteiger partial charge is 0.344 e. The number of nitrogens with one attached hydrogen (secondary N) is 1. The maximum absolute atomic E-state index is 12.7. The minimum atomic E-state index is -0.430. The fourth-order valence-electron chi connectivity index (χ4n) is 2.92. The van der Waals surface area contributed by atoms with E-state index in [2.05, 4.69) is 19.9 Å². The summed E-state index contributed by atoms with van der Waals surface area (Å²) in [4.78, 5) is 21.5. The van der Waals surface area contributed by atoms with Gasteiger partial charge in [0.1, 0.15) is 10.8 Å². The highest BCUT2D eigenvalue weighted by Crippen LogP contribution is 2.26. The van der Waals surface area contributed by atoms with Crippen molar-refractivity contribution in [1.82, 2.24) is 19.9 Å². The molecule has 0 spiro atoms. The van der Waals surface area contributed by atoms with Gasteiger partial charge in [0, 0.05) is 29.5 Å². The SMILES string of the molecule is Cc1csc(C(C)(C)NC(=O)C2CCc3cnc(C)n3C2)n1. The summed E-state index contributed by atoms with van der Waals surface area (Å²) in [6, 6.07) is 0. The summed E-state index contributed by atoms with van der Waals surface area (Å²) in [7, 11) is 0. The number of amides is 1. The monoisotopic (exact) mass is 318 g/mol. The molecule has 2 aromatic heterocycles. The Bertz CT molecular complexity index is 701. The number of nitrogens with zero attached hydrogens (tertiary/aromatic N) is 3. The highest BCUT2D eigenvalue weighted by molar-refractivity contribution is 7.09. The van der Waals surface area contributed by atoms with Crippen molar-refractivity contribution in [3.8, 4) is 0 Å². The van der Waals surface area contributed by atoms with E-state index in [9.17, 15) is 4.79 Å². The van der Waals surface area contributed by atoms with Gasteiger partial charge in [-0.3, -0.25) is 4.79 Å². The lowest BCUT2D eigenvalue weighted by Gasteiger charge is -2.29. The highest BCUT2D eigenvalue weighted by Gasteiger charge is 2.31. The number of carbonyl (C=O) groups is 1. The van der Waals surface area contributed by atoms with Gasteiger partial charge < -0.3 is 9.88 Å². The molecular weight excluding hydrogens is 296 g/mol. The number of rotatable bonds is 3. The molecule has 0 fully saturated rings. The van der Waals surface area contributed by atoms with Gasteiger partial charge in [-0.1, -0.05) is 0 Å². The smallest absolute Gasteiger partial charge is 0.225 e. The average Bonchev–Trinajstić information content (AvgIpc) is 3.05. The number of thiazole rings is 1. The van der Waals surface area contributed by atoms with E-state index in [0.29, 0.717) is 0 Å². The van der Waals surface area contributed by atoms with Gasteiger partial charge in [-0.15, -0.1) is 11.3 Å². The molecule has 0 aliphatic carbocycles. The van der Waals surface area contributed by atoms with Gasteiger partial charge in [0.15, 0.2) is 0 Å². The van der Waals surface area contributed by atoms with Crippen LogP contribution in [0.4, 0.5) is 0 Å². The molecule has 2 aromatic rings. The van der Waals surface area contributed by atoms with Crippen molar-refractivity contribution in [3.05, 3.63) is 33.8 Å². The van der Waals surface area contributed by atoms with Gasteiger partial charge in [-0.05, 0) is 40.5 Å². The van der Waals surface area contributed by atoms with Crippen LogP contribution >= 0.6 is 11.3 Å². The maximum Gasteiger partial charge on any atom is 0.225 e. The van der Waals surface area contributed by atoms with Gasteiger partial charge in [-0.25, -0.2) is 9.97 Å². The first-order valence-electron chi connectivity index (χ1n) is 7.62. The molecule has 0 aromatic carbocycles. The third-order valence-electron chi connectivity index (χ3n) is 4.25. The molecule has 5 nitrogen and oxygen atoms in total. The third-order valence-corrected chi connectivity index (χ3v) is 5.53. The second kappa shape index (κ2) is 5.50. The van der Waals surface area contributed by atoms with E-state index in [1.54, 1.807) is 11.3 Å². The highest BCUT2D eigenvalue weighted by atomic mass is 32.1. The van der Waals surface area contributed by atoms with E-state index in [0.717, 1.165) is 35.9 Å². The molecule has 0 radical (unpaired) electrons. The first-order chi connectivity index (χ1) is 10.4. The van der Waals surface area contributed by atoms with E-state index in [4.69, 9.17) is 0 Å². The van der Waals surface area contributed by atoms with Crippen LogP contribution in [-0.4, -0.2) is 20.4 Å². The summed E-state index contributed by atoms with van der Waals surface area (Å²) in [5.41, 5.74) is 1.80. The summed E-state index contributed by atoms with van der Waals surface area (Å²) < 4.78 is 2.16. The van der Waals surface area contributed by atoms with Crippen molar-refractivity contribution in [3.63, 3.8) is 0 Å². The molecule has 6 heteroatoms. The van der Waals surface area contributed by atoms with E-state index in [1.165, 1.54) is 5.69 Å². The quantitative estimate of drug-likeness (QED) is 0.946. The van der Waals surface area contributed by atoms with Gasteiger partial charge >= 0.3 is 0 Å². The molecule has 118 valence electrons. The minimum Gasteiger partial charge on any atom is -0.344 e. The summed E-state index contributed by atoms with van der Waals surface area (Å²) in [5, 5.41) is 6.14. The maximum atomic E-state index is 12.7. The standard InChI is InChI=1S/C16H22N4OS/c1-10-9-22-15(18-10)16(3,4)19-14(21)12-5-6-13-7-17-11(2)20(13)8-12/h7,9,12H,5-6,8H2,1-4H3,(H,19,21). The summed E-state index contributed by atoms with van der Waals surface area (Å²) in [6.07, 6.45) is 3.71. The predicted octanol–water partition coefficient (Wildman–Crippen LogP) is 2.57. The van der Waals surface area contributed by atoms with Crippen LogP contribution in [0.15, 0.2) is 11.6 Å². The fraction of sp³-hybridized carbons (Fsp3) is 0.562. The van der Waals surface area contributed by atoms with Crippen LogP contribution in [0.25, 0.3) is 0 Å². The Morgan fingerprint density at radius 3 is 2.91 bits per heavy atom. The van der Waals surface area contributed by atoms with Gasteiger partial charge in [0.25, 0.3) is 0 Å². The molecule has 1 aliphatic rings. The van der Waals surface area contributed by atoms with Crippen LogP contribution in [-0.2, 0) is 23.3 Å². The zero-order valence-corrected chi connectivity index (χ0v) is 14.3. The Kier molecular flexibility index (Phi) is 3.80. The number of hydrogen-bond donors (Lipinski definition) is 1. The van der Waals surface area contributed by atoms with Crippen LogP contribution in [0.5, 0.6) is 0 Å². The van der Waals surface area contributed by atoms with E-state index in [-0.39, 0.29) is 11.8 Å². The zero-order valence-electron chi connectivity index (χ0n) is 13.5. The third kappa shape index (κ3) is 2.79. The lowest BCUT2D eigenvalue weighted by atomic mass is 9.95. The average molecular weight is 318 g/mol. The van der Waals surface area contributed by atoms with Crippen molar-refractivity contribution >= 4 is 17.2 Å². The molecule has 0 saturated carbocycles. The van der Waals surface area contributed by atoms with Crippen LogP contribution in [0.2, 0.25) is 0 Å². The summed E-state index contributed by atoms with van der Waals surface area (Å²) >= 11 is 1.60. The van der Waals surface area contributed by atoms with Crippen molar-refractivity contribution in [2.45, 2.75) is 52.6 Å². The second-order valence-electron chi connectivity index (χ2n) is 6.55. The van der Waals surface area contributed by atoms with Crippen LogP contribution in [0.1, 0.15) is 42.5 Å². The molecule has 1 amide bonds. The molecule has 22 heavy (non-hydrogen) atoms.